The summed E-state index contributed by atoms with van der Waals surface area (Å²) in [5.74, 6) is 0.395. The van der Waals surface area contributed by atoms with E-state index in [9.17, 15) is 8.78 Å². The summed E-state index contributed by atoms with van der Waals surface area (Å²) < 4.78 is 26.2. The monoisotopic (exact) mass is 272 g/mol. The summed E-state index contributed by atoms with van der Waals surface area (Å²) in [7, 11) is 2.13. The van der Waals surface area contributed by atoms with E-state index in [0.29, 0.717) is 12.4 Å². The van der Waals surface area contributed by atoms with Crippen LogP contribution in [0.4, 0.5) is 8.78 Å². The molecule has 1 aliphatic heterocycles. The minimum atomic E-state index is -2.52. The lowest BCUT2D eigenvalue weighted by atomic mass is 9.80. The summed E-state index contributed by atoms with van der Waals surface area (Å²) in [5, 5.41) is 3.27. The molecule has 0 bridgehead atoms. The highest BCUT2D eigenvalue weighted by Crippen LogP contribution is 2.29. The van der Waals surface area contributed by atoms with E-state index in [-0.39, 0.29) is 5.41 Å². The van der Waals surface area contributed by atoms with Gasteiger partial charge in [-0.15, -0.1) is 0 Å². The van der Waals surface area contributed by atoms with Gasteiger partial charge in [0.2, 0.25) is 0 Å². The number of likely N-dealkylation sites (tertiary alicyclic amines) is 1. The molecule has 0 radical (unpaired) electrons. The van der Waals surface area contributed by atoms with Crippen LogP contribution in [0.2, 0.25) is 0 Å². The van der Waals surface area contributed by atoms with Gasteiger partial charge < -0.3 is 10.2 Å². The number of rotatable bonds is 5. The molecule has 0 atom stereocenters. The Labute approximate surface area is 112 Å². The molecule has 4 nitrogen and oxygen atoms in total. The van der Waals surface area contributed by atoms with E-state index in [1.54, 1.807) is 0 Å². The van der Waals surface area contributed by atoms with E-state index >= 15 is 0 Å². The molecule has 1 fully saturated rings. The van der Waals surface area contributed by atoms with Crippen molar-refractivity contribution >= 4 is 0 Å². The normalized spacial score (nSPS) is 20.1. The number of alkyl halides is 2. The number of nitrogens with zero attached hydrogens (tertiary/aromatic N) is 3. The van der Waals surface area contributed by atoms with Crippen LogP contribution in [-0.2, 0) is 6.54 Å². The number of aromatic nitrogens is 2. The Morgan fingerprint density at radius 1 is 1.42 bits per heavy atom. The van der Waals surface area contributed by atoms with Gasteiger partial charge in [0.1, 0.15) is 5.82 Å². The van der Waals surface area contributed by atoms with Crippen molar-refractivity contribution in [1.29, 1.82) is 0 Å². The zero-order valence-electron chi connectivity index (χ0n) is 11.6. The molecule has 108 valence electrons. The zero-order chi connectivity index (χ0) is 13.9. The molecule has 0 amide bonds. The topological polar surface area (TPSA) is 33.1 Å². The summed E-state index contributed by atoms with van der Waals surface area (Å²) in [4.78, 5) is 6.29. The molecule has 19 heavy (non-hydrogen) atoms. The third-order valence-electron chi connectivity index (χ3n) is 3.99. The highest BCUT2D eigenvalue weighted by Gasteiger charge is 2.28. The number of piperidine rings is 1. The predicted molar refractivity (Wildman–Crippen MR) is 70.0 cm³/mol. The molecule has 1 aliphatic rings. The fourth-order valence-electron chi connectivity index (χ4n) is 2.47. The maximum Gasteiger partial charge on any atom is 0.319 e. The molecule has 2 heterocycles. The summed E-state index contributed by atoms with van der Waals surface area (Å²) in [6.07, 6.45) is 5.01. The Balaban J connectivity index is 1.81. The van der Waals surface area contributed by atoms with Gasteiger partial charge in [0.25, 0.3) is 0 Å². The molecule has 0 saturated carbocycles. The number of nitrogens with one attached hydrogen (secondary N) is 1. The highest BCUT2D eigenvalue weighted by atomic mass is 19.3. The van der Waals surface area contributed by atoms with Gasteiger partial charge in [-0.25, -0.2) is 4.98 Å². The molecule has 0 unspecified atom stereocenters. The van der Waals surface area contributed by atoms with Crippen molar-refractivity contribution in [3.8, 4) is 0 Å². The first kappa shape index (κ1) is 14.4. The Kier molecular flexibility index (Phi) is 4.52. The molecule has 1 saturated heterocycles. The molecule has 0 spiro atoms. The minimum absolute atomic E-state index is 0.259. The molecule has 0 aromatic carbocycles. The fourth-order valence-corrected chi connectivity index (χ4v) is 2.47. The van der Waals surface area contributed by atoms with Crippen LogP contribution in [0.3, 0.4) is 0 Å². The molecule has 0 aliphatic carbocycles. The predicted octanol–water partition coefficient (Wildman–Crippen LogP) is 2.10. The summed E-state index contributed by atoms with van der Waals surface area (Å²) in [5.41, 5.74) is 0.259. The largest absolute Gasteiger partial charge is 0.319 e. The number of hydrogen-bond acceptors (Lipinski definition) is 3. The lowest BCUT2D eigenvalue weighted by Crippen LogP contribution is -2.42. The zero-order valence-corrected chi connectivity index (χ0v) is 11.6. The van der Waals surface area contributed by atoms with Crippen LogP contribution in [0, 0.1) is 5.41 Å². The summed E-state index contributed by atoms with van der Waals surface area (Å²) in [6, 6.07) is 0. The third-order valence-corrected chi connectivity index (χ3v) is 3.99. The molecule has 1 aromatic rings. The van der Waals surface area contributed by atoms with Crippen molar-refractivity contribution in [3.63, 3.8) is 0 Å². The second-order valence-corrected chi connectivity index (χ2v) is 5.75. The number of imidazole rings is 1. The quantitative estimate of drug-likeness (QED) is 0.891. The van der Waals surface area contributed by atoms with Crippen molar-refractivity contribution in [3.05, 3.63) is 18.2 Å². The maximum atomic E-state index is 12.7. The van der Waals surface area contributed by atoms with Gasteiger partial charge in [0.05, 0.1) is 6.54 Å². The van der Waals surface area contributed by atoms with E-state index in [1.165, 1.54) is 12.4 Å². The van der Waals surface area contributed by atoms with Crippen LogP contribution < -0.4 is 5.32 Å². The SMILES string of the molecule is CN1CCC(C)(CNCc2nccn2C(F)F)CC1. The standard InChI is InChI=1S/C13H22F2N4/c1-13(3-6-18(2)7-4-13)10-16-9-11-17-5-8-19(11)12(14)15/h5,8,12,16H,3-4,6-7,9-10H2,1-2H3. The lowest BCUT2D eigenvalue weighted by Gasteiger charge is -2.38. The van der Waals surface area contributed by atoms with E-state index in [0.717, 1.165) is 37.0 Å². The van der Waals surface area contributed by atoms with Crippen molar-refractivity contribution in [1.82, 2.24) is 19.8 Å². The molecular weight excluding hydrogens is 250 g/mol. The van der Waals surface area contributed by atoms with Gasteiger partial charge in [0.15, 0.2) is 0 Å². The summed E-state index contributed by atoms with van der Waals surface area (Å²) >= 11 is 0. The highest BCUT2D eigenvalue weighted by molar-refractivity contribution is 4.93. The third kappa shape index (κ3) is 3.73. The Bertz CT molecular complexity index is 397. The van der Waals surface area contributed by atoms with E-state index < -0.39 is 6.55 Å². The first-order valence-corrected chi connectivity index (χ1v) is 6.69. The molecular formula is C13H22F2N4. The Hall–Kier alpha value is -1.01. The lowest BCUT2D eigenvalue weighted by molar-refractivity contribution is 0.0662. The second kappa shape index (κ2) is 5.96. The minimum Gasteiger partial charge on any atom is -0.309 e. The average molecular weight is 272 g/mol. The van der Waals surface area contributed by atoms with E-state index in [4.69, 9.17) is 0 Å². The molecule has 6 heteroatoms. The van der Waals surface area contributed by atoms with Crippen LogP contribution in [0.1, 0.15) is 32.1 Å². The van der Waals surface area contributed by atoms with E-state index in [1.807, 2.05) is 0 Å². The van der Waals surface area contributed by atoms with Gasteiger partial charge >= 0.3 is 6.55 Å². The smallest absolute Gasteiger partial charge is 0.309 e. The van der Waals surface area contributed by atoms with Crippen LogP contribution in [0.5, 0.6) is 0 Å². The summed E-state index contributed by atoms with van der Waals surface area (Å²) in [6.45, 7) is 3.18. The van der Waals surface area contributed by atoms with Gasteiger partial charge in [-0.05, 0) is 38.4 Å². The van der Waals surface area contributed by atoms with Crippen LogP contribution in [0.25, 0.3) is 0 Å². The maximum absolute atomic E-state index is 12.7. The van der Waals surface area contributed by atoms with Crippen LogP contribution in [-0.4, -0.2) is 41.1 Å². The number of halogens is 2. The van der Waals surface area contributed by atoms with Crippen molar-refractivity contribution in [2.24, 2.45) is 5.41 Å². The molecule has 2 rings (SSSR count). The first-order chi connectivity index (χ1) is 9.00. The van der Waals surface area contributed by atoms with Crippen LogP contribution in [0.15, 0.2) is 12.4 Å². The molecule has 1 N–H and O–H groups in total. The Morgan fingerprint density at radius 2 is 2.11 bits per heavy atom. The first-order valence-electron chi connectivity index (χ1n) is 6.69. The fraction of sp³-hybridized carbons (Fsp3) is 0.769. The second-order valence-electron chi connectivity index (χ2n) is 5.75. The van der Waals surface area contributed by atoms with Crippen LogP contribution >= 0.6 is 0 Å². The average Bonchev–Trinajstić information content (AvgIpc) is 2.82. The van der Waals surface area contributed by atoms with E-state index in [2.05, 4.69) is 29.2 Å². The number of hydrogen-bond donors (Lipinski definition) is 1. The van der Waals surface area contributed by atoms with Gasteiger partial charge in [-0.2, -0.15) is 8.78 Å². The molecule has 1 aromatic heterocycles. The van der Waals surface area contributed by atoms with Crippen molar-refractivity contribution in [2.75, 3.05) is 26.7 Å². The van der Waals surface area contributed by atoms with Gasteiger partial charge in [-0.1, -0.05) is 6.92 Å². The van der Waals surface area contributed by atoms with Crippen molar-refractivity contribution in [2.45, 2.75) is 32.9 Å². The van der Waals surface area contributed by atoms with Gasteiger partial charge in [-0.3, -0.25) is 4.57 Å². The van der Waals surface area contributed by atoms with Crippen molar-refractivity contribution < 1.29 is 8.78 Å². The Morgan fingerprint density at radius 3 is 2.74 bits per heavy atom. The van der Waals surface area contributed by atoms with Gasteiger partial charge in [0, 0.05) is 18.9 Å².